The normalized spacial score (nSPS) is 17.2. The topological polar surface area (TPSA) is 58.4 Å². The lowest BCUT2D eigenvalue weighted by Crippen LogP contribution is -2.40. The summed E-state index contributed by atoms with van der Waals surface area (Å²) in [6, 6.07) is 9.81. The van der Waals surface area contributed by atoms with Gasteiger partial charge in [-0.15, -0.1) is 0 Å². The van der Waals surface area contributed by atoms with Crippen LogP contribution in [0.4, 0.5) is 0 Å². The number of hydrogen-bond donors (Lipinski definition) is 1. The van der Waals surface area contributed by atoms with Gasteiger partial charge in [-0.1, -0.05) is 30.8 Å². The van der Waals surface area contributed by atoms with Crippen LogP contribution in [-0.4, -0.2) is 32.2 Å². The molecule has 1 atom stereocenters. The van der Waals surface area contributed by atoms with Gasteiger partial charge in [-0.2, -0.15) is 5.10 Å². The molecule has 0 spiro atoms. The zero-order chi connectivity index (χ0) is 15.7. The van der Waals surface area contributed by atoms with Gasteiger partial charge in [-0.25, -0.2) is 0 Å². The summed E-state index contributed by atoms with van der Waals surface area (Å²) >= 11 is 0. The number of fused-ring (bicyclic) bond motifs is 1. The first-order valence-corrected chi connectivity index (χ1v) is 7.30. The molecule has 0 saturated carbocycles. The molecule has 1 aliphatic heterocycles. The van der Waals surface area contributed by atoms with Crippen LogP contribution in [0.3, 0.4) is 0 Å². The Morgan fingerprint density at radius 2 is 2.27 bits per heavy atom. The molecule has 5 heteroatoms. The Bertz CT molecular complexity index is 720. The van der Waals surface area contributed by atoms with Crippen molar-refractivity contribution in [2.45, 2.75) is 19.1 Å². The van der Waals surface area contributed by atoms with Crippen LogP contribution in [0.2, 0.25) is 0 Å². The number of carbonyl (C=O) groups is 1. The van der Waals surface area contributed by atoms with E-state index in [2.05, 4.69) is 17.7 Å². The fourth-order valence-electron chi connectivity index (χ4n) is 3.12. The van der Waals surface area contributed by atoms with E-state index in [0.29, 0.717) is 12.2 Å². The molecule has 2 aromatic rings. The van der Waals surface area contributed by atoms with Crippen LogP contribution >= 0.6 is 0 Å². The fourth-order valence-corrected chi connectivity index (χ4v) is 3.12. The van der Waals surface area contributed by atoms with Crippen molar-refractivity contribution in [2.75, 3.05) is 6.54 Å². The van der Waals surface area contributed by atoms with Crippen molar-refractivity contribution in [1.29, 1.82) is 0 Å². The van der Waals surface area contributed by atoms with Crippen molar-refractivity contribution < 1.29 is 9.90 Å². The number of carbonyl (C=O) groups excluding carboxylic acids is 1. The van der Waals surface area contributed by atoms with Gasteiger partial charge in [0.15, 0.2) is 0 Å². The number of aromatic nitrogens is 2. The van der Waals surface area contributed by atoms with Crippen LogP contribution in [0.5, 0.6) is 0 Å². The van der Waals surface area contributed by atoms with Crippen molar-refractivity contribution in [1.82, 2.24) is 14.7 Å². The summed E-state index contributed by atoms with van der Waals surface area (Å²) in [6.07, 6.45) is 2.18. The van der Waals surface area contributed by atoms with E-state index in [9.17, 15) is 9.90 Å². The molecule has 0 bridgehead atoms. The molecule has 2 heterocycles. The molecule has 0 radical (unpaired) electrons. The van der Waals surface area contributed by atoms with E-state index in [1.54, 1.807) is 4.68 Å². The first-order chi connectivity index (χ1) is 10.7. The maximum Gasteiger partial charge on any atom is 0.246 e. The summed E-state index contributed by atoms with van der Waals surface area (Å²) < 4.78 is 1.74. The highest BCUT2D eigenvalue weighted by atomic mass is 16.3. The van der Waals surface area contributed by atoms with E-state index in [4.69, 9.17) is 0 Å². The lowest BCUT2D eigenvalue weighted by Gasteiger charge is -2.36. The van der Waals surface area contributed by atoms with Crippen LogP contribution in [0, 0.1) is 0 Å². The Balaban J connectivity index is 2.15. The number of nitrogens with zero attached hydrogens (tertiary/aromatic N) is 3. The lowest BCUT2D eigenvalue weighted by atomic mass is 9.90. The number of benzene rings is 1. The number of rotatable bonds is 3. The Labute approximate surface area is 129 Å². The number of aliphatic hydroxyl groups is 1. The number of hydrogen-bond acceptors (Lipinski definition) is 3. The summed E-state index contributed by atoms with van der Waals surface area (Å²) in [6.45, 7) is 4.14. The molecular weight excluding hydrogens is 278 g/mol. The third-order valence-electron chi connectivity index (χ3n) is 4.15. The minimum absolute atomic E-state index is 0.0914. The van der Waals surface area contributed by atoms with Gasteiger partial charge in [0, 0.05) is 13.6 Å². The summed E-state index contributed by atoms with van der Waals surface area (Å²) in [4.78, 5) is 14.1. The standard InChI is InChI=1S/C17H19N3O2/c1-3-16(22)20-9-8-12-6-4-5-7-14(12)17(20)15-10-13(11-21)18-19(15)2/h3-7,10,17,21H,1,8-9,11H2,2H3. The van der Waals surface area contributed by atoms with Gasteiger partial charge in [-0.05, 0) is 29.7 Å². The molecule has 0 saturated heterocycles. The Kier molecular flexibility index (Phi) is 3.81. The minimum atomic E-state index is -0.201. The maximum absolute atomic E-state index is 12.3. The molecule has 5 nitrogen and oxygen atoms in total. The van der Waals surface area contributed by atoms with Crippen LogP contribution in [-0.2, 0) is 24.9 Å². The molecule has 1 unspecified atom stereocenters. The predicted octanol–water partition coefficient (Wildman–Crippen LogP) is 1.57. The Hall–Kier alpha value is -2.40. The van der Waals surface area contributed by atoms with E-state index in [1.165, 1.54) is 11.6 Å². The van der Waals surface area contributed by atoms with Crippen LogP contribution in [0.15, 0.2) is 43.0 Å². The quantitative estimate of drug-likeness (QED) is 0.875. The second kappa shape index (κ2) is 5.77. The van der Waals surface area contributed by atoms with Gasteiger partial charge >= 0.3 is 0 Å². The van der Waals surface area contributed by atoms with E-state index in [1.807, 2.05) is 36.2 Å². The Morgan fingerprint density at radius 3 is 2.95 bits per heavy atom. The van der Waals surface area contributed by atoms with E-state index >= 15 is 0 Å². The third kappa shape index (κ3) is 2.33. The molecule has 22 heavy (non-hydrogen) atoms. The summed E-state index contributed by atoms with van der Waals surface area (Å²) in [7, 11) is 1.84. The van der Waals surface area contributed by atoms with Crippen LogP contribution < -0.4 is 0 Å². The van der Waals surface area contributed by atoms with Gasteiger partial charge in [-0.3, -0.25) is 9.48 Å². The van der Waals surface area contributed by atoms with Crippen LogP contribution in [0.1, 0.15) is 28.6 Å². The van der Waals surface area contributed by atoms with Crippen molar-refractivity contribution >= 4 is 5.91 Å². The highest BCUT2D eigenvalue weighted by molar-refractivity contribution is 5.88. The summed E-state index contributed by atoms with van der Waals surface area (Å²) in [5.74, 6) is -0.0914. The molecule has 1 aromatic heterocycles. The third-order valence-corrected chi connectivity index (χ3v) is 4.15. The molecule has 0 aliphatic carbocycles. The molecule has 1 aromatic carbocycles. The molecule has 114 valence electrons. The van der Waals surface area contributed by atoms with Gasteiger partial charge in [0.2, 0.25) is 5.91 Å². The van der Waals surface area contributed by atoms with E-state index in [-0.39, 0.29) is 18.6 Å². The average Bonchev–Trinajstić information content (AvgIpc) is 2.93. The fraction of sp³-hybridized carbons (Fsp3) is 0.294. The monoisotopic (exact) mass is 297 g/mol. The second-order valence-corrected chi connectivity index (χ2v) is 5.43. The van der Waals surface area contributed by atoms with Gasteiger partial charge < -0.3 is 10.0 Å². The van der Waals surface area contributed by atoms with Crippen molar-refractivity contribution in [2.24, 2.45) is 7.05 Å². The number of amides is 1. The Morgan fingerprint density at radius 1 is 1.50 bits per heavy atom. The van der Waals surface area contributed by atoms with Crippen molar-refractivity contribution in [3.63, 3.8) is 0 Å². The van der Waals surface area contributed by atoms with E-state index in [0.717, 1.165) is 17.7 Å². The summed E-state index contributed by atoms with van der Waals surface area (Å²) in [5, 5.41) is 13.6. The maximum atomic E-state index is 12.3. The summed E-state index contributed by atoms with van der Waals surface area (Å²) in [5.41, 5.74) is 3.85. The largest absolute Gasteiger partial charge is 0.390 e. The number of aliphatic hydroxyl groups excluding tert-OH is 1. The zero-order valence-corrected chi connectivity index (χ0v) is 12.6. The van der Waals surface area contributed by atoms with Gasteiger partial charge in [0.25, 0.3) is 0 Å². The van der Waals surface area contributed by atoms with Crippen molar-refractivity contribution in [3.05, 3.63) is 65.5 Å². The molecule has 1 N–H and O–H groups in total. The first kappa shape index (κ1) is 14.5. The molecule has 1 amide bonds. The van der Waals surface area contributed by atoms with E-state index < -0.39 is 0 Å². The SMILES string of the molecule is C=CC(=O)N1CCc2ccccc2C1c1cc(CO)nn1C. The first-order valence-electron chi connectivity index (χ1n) is 7.30. The number of aryl methyl sites for hydroxylation is 1. The minimum Gasteiger partial charge on any atom is -0.390 e. The molecule has 0 fully saturated rings. The average molecular weight is 297 g/mol. The highest BCUT2D eigenvalue weighted by Gasteiger charge is 2.32. The van der Waals surface area contributed by atoms with Crippen LogP contribution in [0.25, 0.3) is 0 Å². The van der Waals surface area contributed by atoms with Crippen molar-refractivity contribution in [3.8, 4) is 0 Å². The zero-order valence-electron chi connectivity index (χ0n) is 12.6. The highest BCUT2D eigenvalue weighted by Crippen LogP contribution is 2.35. The molecular formula is C17H19N3O2. The predicted molar refractivity (Wildman–Crippen MR) is 83.0 cm³/mol. The lowest BCUT2D eigenvalue weighted by molar-refractivity contribution is -0.128. The molecule has 3 rings (SSSR count). The van der Waals surface area contributed by atoms with Gasteiger partial charge in [0.1, 0.15) is 0 Å². The van der Waals surface area contributed by atoms with Gasteiger partial charge in [0.05, 0.1) is 24.0 Å². The molecule has 1 aliphatic rings. The smallest absolute Gasteiger partial charge is 0.246 e. The second-order valence-electron chi connectivity index (χ2n) is 5.43.